The maximum absolute atomic E-state index is 10.1. The van der Waals surface area contributed by atoms with Gasteiger partial charge in [-0.25, -0.2) is 0 Å². The van der Waals surface area contributed by atoms with E-state index in [9.17, 15) is 5.11 Å². The van der Waals surface area contributed by atoms with Crippen LogP contribution in [-0.2, 0) is 5.75 Å². The lowest BCUT2D eigenvalue weighted by atomic mass is 9.94. The SMILES string of the molecule is Cc1ccc2c(c1)C(O)C(C)CSC2. The summed E-state index contributed by atoms with van der Waals surface area (Å²) < 4.78 is 0. The first-order chi connectivity index (χ1) is 6.68. The van der Waals surface area contributed by atoms with Gasteiger partial charge in [-0.05, 0) is 29.7 Å². The quantitative estimate of drug-likeness (QED) is 0.707. The predicted molar refractivity (Wildman–Crippen MR) is 61.5 cm³/mol. The van der Waals surface area contributed by atoms with Crippen molar-refractivity contribution >= 4 is 11.8 Å². The molecule has 1 aromatic rings. The number of hydrogen-bond acceptors (Lipinski definition) is 2. The van der Waals surface area contributed by atoms with E-state index in [0.717, 1.165) is 17.1 Å². The Labute approximate surface area is 89.5 Å². The van der Waals surface area contributed by atoms with Crippen LogP contribution in [-0.4, -0.2) is 10.9 Å². The Morgan fingerprint density at radius 1 is 1.43 bits per heavy atom. The zero-order valence-corrected chi connectivity index (χ0v) is 9.47. The molecule has 2 heteroatoms. The minimum Gasteiger partial charge on any atom is -0.388 e. The molecule has 0 aliphatic carbocycles. The molecule has 1 aromatic carbocycles. The molecule has 0 bridgehead atoms. The molecule has 0 saturated heterocycles. The van der Waals surface area contributed by atoms with Crippen LogP contribution in [0.5, 0.6) is 0 Å². The maximum Gasteiger partial charge on any atom is 0.0826 e. The van der Waals surface area contributed by atoms with Crippen LogP contribution in [0.15, 0.2) is 18.2 Å². The van der Waals surface area contributed by atoms with E-state index in [1.165, 1.54) is 11.1 Å². The van der Waals surface area contributed by atoms with Crippen molar-refractivity contribution in [2.45, 2.75) is 25.7 Å². The smallest absolute Gasteiger partial charge is 0.0826 e. The molecule has 2 atom stereocenters. The van der Waals surface area contributed by atoms with E-state index in [-0.39, 0.29) is 6.10 Å². The zero-order chi connectivity index (χ0) is 10.1. The van der Waals surface area contributed by atoms with Crippen molar-refractivity contribution in [2.75, 3.05) is 5.75 Å². The summed E-state index contributed by atoms with van der Waals surface area (Å²) in [5.74, 6) is 2.45. The average Bonchev–Trinajstić information content (AvgIpc) is 2.30. The standard InChI is InChI=1S/C12H16OS/c1-8-3-4-10-7-14-6-9(2)12(13)11(10)5-8/h3-5,9,12-13H,6-7H2,1-2H3. The van der Waals surface area contributed by atoms with Crippen LogP contribution in [0.4, 0.5) is 0 Å². The predicted octanol–water partition coefficient (Wildman–Crippen LogP) is 2.91. The number of aliphatic hydroxyl groups is 1. The van der Waals surface area contributed by atoms with E-state index in [1.54, 1.807) is 0 Å². The molecule has 0 spiro atoms. The first-order valence-corrected chi connectivity index (χ1v) is 6.19. The number of thioether (sulfide) groups is 1. The largest absolute Gasteiger partial charge is 0.388 e. The Bertz CT molecular complexity index is 335. The first-order valence-electron chi connectivity index (χ1n) is 5.03. The lowest BCUT2D eigenvalue weighted by Gasteiger charge is -2.17. The third-order valence-electron chi connectivity index (χ3n) is 2.80. The second kappa shape index (κ2) is 3.95. The van der Waals surface area contributed by atoms with Crippen LogP contribution in [0.25, 0.3) is 0 Å². The normalized spacial score (nSPS) is 26.8. The fraction of sp³-hybridized carbons (Fsp3) is 0.500. The molecule has 76 valence electrons. The molecule has 2 unspecified atom stereocenters. The minimum absolute atomic E-state index is 0.278. The summed E-state index contributed by atoms with van der Waals surface area (Å²) in [6, 6.07) is 6.41. The van der Waals surface area contributed by atoms with Crippen LogP contribution in [0.2, 0.25) is 0 Å². The molecular weight excluding hydrogens is 192 g/mol. The Morgan fingerprint density at radius 3 is 3.00 bits per heavy atom. The number of hydrogen-bond donors (Lipinski definition) is 1. The molecule has 0 amide bonds. The van der Waals surface area contributed by atoms with E-state index < -0.39 is 0 Å². The van der Waals surface area contributed by atoms with Gasteiger partial charge >= 0.3 is 0 Å². The number of benzene rings is 1. The Hall–Kier alpha value is -0.470. The fourth-order valence-corrected chi connectivity index (χ4v) is 3.03. The highest BCUT2D eigenvalue weighted by atomic mass is 32.2. The van der Waals surface area contributed by atoms with Crippen molar-refractivity contribution < 1.29 is 5.11 Å². The number of aryl methyl sites for hydroxylation is 1. The van der Waals surface area contributed by atoms with E-state index >= 15 is 0 Å². The van der Waals surface area contributed by atoms with Gasteiger partial charge in [-0.1, -0.05) is 30.7 Å². The topological polar surface area (TPSA) is 20.2 Å². The third-order valence-corrected chi connectivity index (χ3v) is 4.07. The highest BCUT2D eigenvalue weighted by Crippen LogP contribution is 2.34. The average molecular weight is 208 g/mol. The summed E-state index contributed by atoms with van der Waals surface area (Å²) in [7, 11) is 0. The maximum atomic E-state index is 10.1. The van der Waals surface area contributed by atoms with Crippen molar-refractivity contribution in [3.05, 3.63) is 34.9 Å². The summed E-state index contributed by atoms with van der Waals surface area (Å²) in [5, 5.41) is 10.1. The fourth-order valence-electron chi connectivity index (χ4n) is 1.87. The number of fused-ring (bicyclic) bond motifs is 1. The Balaban J connectivity index is 2.44. The molecule has 0 aromatic heterocycles. The van der Waals surface area contributed by atoms with Gasteiger partial charge in [-0.15, -0.1) is 0 Å². The van der Waals surface area contributed by atoms with Gasteiger partial charge in [0.05, 0.1) is 6.10 Å². The summed E-state index contributed by atoms with van der Waals surface area (Å²) >= 11 is 1.92. The second-order valence-corrected chi connectivity index (χ2v) is 5.17. The van der Waals surface area contributed by atoms with Gasteiger partial charge in [0.15, 0.2) is 0 Å². The highest BCUT2D eigenvalue weighted by molar-refractivity contribution is 7.98. The molecule has 1 heterocycles. The summed E-state index contributed by atoms with van der Waals surface area (Å²) in [5.41, 5.74) is 3.68. The van der Waals surface area contributed by atoms with Crippen LogP contribution in [0.1, 0.15) is 29.7 Å². The molecular formula is C12H16OS. The molecule has 1 aliphatic rings. The van der Waals surface area contributed by atoms with Crippen molar-refractivity contribution in [1.82, 2.24) is 0 Å². The van der Waals surface area contributed by atoms with Crippen molar-refractivity contribution in [1.29, 1.82) is 0 Å². The van der Waals surface area contributed by atoms with E-state index in [1.807, 2.05) is 11.8 Å². The van der Waals surface area contributed by atoms with E-state index in [2.05, 4.69) is 32.0 Å². The second-order valence-electron chi connectivity index (χ2n) is 4.14. The number of aliphatic hydroxyl groups excluding tert-OH is 1. The number of rotatable bonds is 0. The molecule has 0 saturated carbocycles. The molecule has 0 radical (unpaired) electrons. The van der Waals surface area contributed by atoms with Gasteiger partial charge in [-0.3, -0.25) is 0 Å². The van der Waals surface area contributed by atoms with Crippen LogP contribution in [0, 0.1) is 12.8 Å². The van der Waals surface area contributed by atoms with Crippen molar-refractivity contribution in [3.8, 4) is 0 Å². The lowest BCUT2D eigenvalue weighted by molar-refractivity contribution is 0.129. The van der Waals surface area contributed by atoms with Crippen LogP contribution in [0.3, 0.4) is 0 Å². The van der Waals surface area contributed by atoms with Crippen LogP contribution < -0.4 is 0 Å². The summed E-state index contributed by atoms with van der Waals surface area (Å²) in [6.07, 6.45) is -0.278. The molecule has 14 heavy (non-hydrogen) atoms. The van der Waals surface area contributed by atoms with Gasteiger partial charge in [0, 0.05) is 5.75 Å². The van der Waals surface area contributed by atoms with Crippen molar-refractivity contribution in [3.63, 3.8) is 0 Å². The van der Waals surface area contributed by atoms with Gasteiger partial charge < -0.3 is 5.11 Å². The first kappa shape index (κ1) is 10.1. The Morgan fingerprint density at radius 2 is 2.21 bits per heavy atom. The molecule has 2 rings (SSSR count). The van der Waals surface area contributed by atoms with Crippen molar-refractivity contribution in [2.24, 2.45) is 5.92 Å². The van der Waals surface area contributed by atoms with Gasteiger partial charge in [0.2, 0.25) is 0 Å². The van der Waals surface area contributed by atoms with Gasteiger partial charge in [0.25, 0.3) is 0 Å². The van der Waals surface area contributed by atoms with Crippen LogP contribution >= 0.6 is 11.8 Å². The van der Waals surface area contributed by atoms with E-state index in [0.29, 0.717) is 5.92 Å². The Kier molecular flexibility index (Phi) is 2.84. The molecule has 1 N–H and O–H groups in total. The van der Waals surface area contributed by atoms with Gasteiger partial charge in [0.1, 0.15) is 0 Å². The lowest BCUT2D eigenvalue weighted by Crippen LogP contribution is -2.10. The molecule has 1 aliphatic heterocycles. The summed E-state index contributed by atoms with van der Waals surface area (Å²) in [6.45, 7) is 4.20. The molecule has 0 fully saturated rings. The zero-order valence-electron chi connectivity index (χ0n) is 8.66. The van der Waals surface area contributed by atoms with E-state index in [4.69, 9.17) is 0 Å². The summed E-state index contributed by atoms with van der Waals surface area (Å²) in [4.78, 5) is 0. The monoisotopic (exact) mass is 208 g/mol. The third kappa shape index (κ3) is 1.82. The minimum atomic E-state index is -0.278. The van der Waals surface area contributed by atoms with Gasteiger partial charge in [-0.2, -0.15) is 11.8 Å². The molecule has 1 nitrogen and oxygen atoms in total. The highest BCUT2D eigenvalue weighted by Gasteiger charge is 2.22.